The Morgan fingerprint density at radius 2 is 2.00 bits per heavy atom. The van der Waals surface area contributed by atoms with E-state index in [1.165, 1.54) is 6.33 Å². The molecule has 1 spiro atoms. The average molecular weight is 439 g/mol. The third kappa shape index (κ3) is 3.45. The first-order valence-corrected chi connectivity index (χ1v) is 10.8. The normalized spacial score (nSPS) is 17.8. The SMILES string of the molecule is Cc1ccc2[nH]ncc2c1-c1ncnc(N2CCC3(CN(C(=O)OC(C)(C)C)C3)C2)c1F. The molecule has 2 fully saturated rings. The first kappa shape index (κ1) is 20.7. The number of nitrogens with zero attached hydrogens (tertiary/aromatic N) is 5. The van der Waals surface area contributed by atoms with Gasteiger partial charge in [0.25, 0.3) is 0 Å². The number of aromatic amines is 1. The maximum atomic E-state index is 15.7. The molecule has 2 saturated heterocycles. The zero-order chi connectivity index (χ0) is 22.7. The van der Waals surface area contributed by atoms with Crippen LogP contribution in [0.3, 0.4) is 0 Å². The number of amides is 1. The molecule has 1 N–H and O–H groups in total. The highest BCUT2D eigenvalue weighted by molar-refractivity contribution is 5.95. The average Bonchev–Trinajstić information content (AvgIpc) is 3.33. The second-order valence-electron chi connectivity index (χ2n) is 9.96. The first-order chi connectivity index (χ1) is 15.2. The van der Waals surface area contributed by atoms with E-state index in [9.17, 15) is 4.79 Å². The quantitative estimate of drug-likeness (QED) is 0.653. The van der Waals surface area contributed by atoms with Crippen molar-refractivity contribution in [1.29, 1.82) is 0 Å². The fourth-order valence-corrected chi connectivity index (χ4v) is 4.79. The number of anilines is 1. The summed E-state index contributed by atoms with van der Waals surface area (Å²) in [5.74, 6) is -0.118. The minimum absolute atomic E-state index is 0.0467. The number of nitrogens with one attached hydrogen (secondary N) is 1. The number of carbonyl (C=O) groups is 1. The third-order valence-corrected chi connectivity index (χ3v) is 6.28. The summed E-state index contributed by atoms with van der Waals surface area (Å²) in [6.45, 7) is 10.1. The molecule has 2 aliphatic rings. The van der Waals surface area contributed by atoms with E-state index in [2.05, 4.69) is 20.2 Å². The number of benzene rings is 1. The number of rotatable bonds is 2. The number of aromatic nitrogens is 4. The van der Waals surface area contributed by atoms with E-state index in [-0.39, 0.29) is 17.2 Å². The standard InChI is InChI=1S/C23H27FN6O2/c1-14-5-6-16-15(9-27-28-16)17(14)19-18(24)20(26-13-25-19)29-8-7-23(10-29)11-30(12-23)21(31)32-22(2,3)4/h5-6,9,13H,7-8,10-12H2,1-4H3,(H,27,28). The molecule has 3 aromatic rings. The Morgan fingerprint density at radius 1 is 1.22 bits per heavy atom. The van der Waals surface area contributed by atoms with Crippen LogP contribution in [-0.2, 0) is 4.74 Å². The lowest BCUT2D eigenvalue weighted by Gasteiger charge is -2.47. The van der Waals surface area contributed by atoms with Gasteiger partial charge in [0.1, 0.15) is 17.6 Å². The van der Waals surface area contributed by atoms with E-state index >= 15 is 4.39 Å². The maximum absolute atomic E-state index is 15.7. The van der Waals surface area contributed by atoms with Crippen molar-refractivity contribution in [3.63, 3.8) is 0 Å². The van der Waals surface area contributed by atoms with E-state index in [4.69, 9.17) is 4.74 Å². The number of aryl methyl sites for hydroxylation is 1. The van der Waals surface area contributed by atoms with Crippen molar-refractivity contribution in [3.8, 4) is 11.3 Å². The van der Waals surface area contributed by atoms with E-state index in [1.54, 1.807) is 11.1 Å². The molecule has 168 valence electrons. The summed E-state index contributed by atoms with van der Waals surface area (Å²) in [4.78, 5) is 24.6. The summed E-state index contributed by atoms with van der Waals surface area (Å²) in [7, 11) is 0. The van der Waals surface area contributed by atoms with Gasteiger partial charge in [-0.2, -0.15) is 5.10 Å². The van der Waals surface area contributed by atoms with Gasteiger partial charge in [-0.3, -0.25) is 5.10 Å². The van der Waals surface area contributed by atoms with E-state index in [0.29, 0.717) is 32.0 Å². The number of ether oxygens (including phenoxy) is 1. The van der Waals surface area contributed by atoms with Crippen LogP contribution >= 0.6 is 0 Å². The summed E-state index contributed by atoms with van der Waals surface area (Å²) < 4.78 is 21.2. The molecular formula is C23H27FN6O2. The molecule has 0 saturated carbocycles. The molecule has 2 aliphatic heterocycles. The molecule has 1 amide bonds. The van der Waals surface area contributed by atoms with Crippen LogP contribution in [0.25, 0.3) is 22.2 Å². The second kappa shape index (κ2) is 7.15. The molecule has 5 rings (SSSR count). The van der Waals surface area contributed by atoms with Crippen molar-refractivity contribution in [3.05, 3.63) is 36.0 Å². The number of likely N-dealkylation sites (tertiary alicyclic amines) is 1. The highest BCUT2D eigenvalue weighted by Gasteiger charge is 2.51. The Bertz CT molecular complexity index is 1190. The molecule has 0 aliphatic carbocycles. The minimum atomic E-state index is -0.516. The highest BCUT2D eigenvalue weighted by atomic mass is 19.1. The number of H-pyrrole nitrogens is 1. The Morgan fingerprint density at radius 3 is 2.75 bits per heavy atom. The zero-order valence-electron chi connectivity index (χ0n) is 18.8. The van der Waals surface area contributed by atoms with Gasteiger partial charge in [0.15, 0.2) is 11.6 Å². The fraction of sp³-hybridized carbons (Fsp3) is 0.478. The molecule has 8 nitrogen and oxygen atoms in total. The largest absolute Gasteiger partial charge is 0.444 e. The monoisotopic (exact) mass is 438 g/mol. The predicted octanol–water partition coefficient (Wildman–Crippen LogP) is 3.91. The molecule has 0 bridgehead atoms. The Kier molecular flexibility index (Phi) is 4.61. The molecule has 4 heterocycles. The highest BCUT2D eigenvalue weighted by Crippen LogP contribution is 2.42. The van der Waals surface area contributed by atoms with Crippen molar-refractivity contribution in [1.82, 2.24) is 25.1 Å². The Balaban J connectivity index is 1.37. The van der Waals surface area contributed by atoms with Crippen molar-refractivity contribution in [2.24, 2.45) is 5.41 Å². The molecule has 32 heavy (non-hydrogen) atoms. The fourth-order valence-electron chi connectivity index (χ4n) is 4.79. The number of carbonyl (C=O) groups excluding carboxylic acids is 1. The summed E-state index contributed by atoms with van der Waals surface area (Å²) in [5.41, 5.74) is 2.21. The molecule has 9 heteroatoms. The van der Waals surface area contributed by atoms with Crippen LogP contribution < -0.4 is 4.90 Å². The number of halogens is 1. The van der Waals surface area contributed by atoms with Crippen LogP contribution in [0.5, 0.6) is 0 Å². The smallest absolute Gasteiger partial charge is 0.410 e. The molecule has 2 aromatic heterocycles. The third-order valence-electron chi connectivity index (χ3n) is 6.28. The van der Waals surface area contributed by atoms with Crippen LogP contribution in [0.2, 0.25) is 0 Å². The lowest BCUT2D eigenvalue weighted by Crippen LogP contribution is -2.60. The van der Waals surface area contributed by atoms with E-state index in [0.717, 1.165) is 28.5 Å². The van der Waals surface area contributed by atoms with Crippen molar-refractivity contribution < 1.29 is 13.9 Å². The van der Waals surface area contributed by atoms with Gasteiger partial charge < -0.3 is 14.5 Å². The maximum Gasteiger partial charge on any atom is 0.410 e. The van der Waals surface area contributed by atoms with Crippen LogP contribution in [0.1, 0.15) is 32.8 Å². The van der Waals surface area contributed by atoms with Crippen LogP contribution in [-0.4, -0.2) is 62.9 Å². The molecule has 0 atom stereocenters. The van der Waals surface area contributed by atoms with Gasteiger partial charge in [-0.25, -0.2) is 19.2 Å². The predicted molar refractivity (Wildman–Crippen MR) is 119 cm³/mol. The topological polar surface area (TPSA) is 87.2 Å². The molecule has 0 unspecified atom stereocenters. The van der Waals surface area contributed by atoms with Gasteiger partial charge in [-0.05, 0) is 45.7 Å². The first-order valence-electron chi connectivity index (χ1n) is 10.8. The van der Waals surface area contributed by atoms with Gasteiger partial charge in [0, 0.05) is 42.5 Å². The summed E-state index contributed by atoms with van der Waals surface area (Å²) in [6, 6.07) is 3.86. The summed E-state index contributed by atoms with van der Waals surface area (Å²) >= 11 is 0. The lowest BCUT2D eigenvalue weighted by atomic mass is 9.79. The molecule has 1 aromatic carbocycles. The molecule has 0 radical (unpaired) electrons. The van der Waals surface area contributed by atoms with Crippen molar-refractivity contribution in [2.75, 3.05) is 31.1 Å². The van der Waals surface area contributed by atoms with Gasteiger partial charge >= 0.3 is 6.09 Å². The second-order valence-corrected chi connectivity index (χ2v) is 9.96. The zero-order valence-corrected chi connectivity index (χ0v) is 18.8. The summed E-state index contributed by atoms with van der Waals surface area (Å²) in [6.07, 6.45) is 3.70. The van der Waals surface area contributed by atoms with E-state index in [1.807, 2.05) is 44.7 Å². The summed E-state index contributed by atoms with van der Waals surface area (Å²) in [5, 5.41) is 7.86. The number of fused-ring (bicyclic) bond motifs is 1. The van der Waals surface area contributed by atoms with E-state index < -0.39 is 11.4 Å². The van der Waals surface area contributed by atoms with Crippen molar-refractivity contribution >= 4 is 22.8 Å². The van der Waals surface area contributed by atoms with Gasteiger partial charge in [0.2, 0.25) is 0 Å². The van der Waals surface area contributed by atoms with Crippen LogP contribution in [0.4, 0.5) is 15.0 Å². The lowest BCUT2D eigenvalue weighted by molar-refractivity contribution is -0.0266. The van der Waals surface area contributed by atoms with Crippen molar-refractivity contribution in [2.45, 2.75) is 39.7 Å². The van der Waals surface area contributed by atoms with Crippen LogP contribution in [0, 0.1) is 18.2 Å². The Hall–Kier alpha value is -3.23. The van der Waals surface area contributed by atoms with Gasteiger partial charge in [-0.1, -0.05) is 6.07 Å². The number of hydrogen-bond donors (Lipinski definition) is 1. The minimum Gasteiger partial charge on any atom is -0.444 e. The van der Waals surface area contributed by atoms with Gasteiger partial charge in [-0.15, -0.1) is 0 Å². The van der Waals surface area contributed by atoms with Gasteiger partial charge in [0.05, 0.1) is 11.7 Å². The Labute approximate surface area is 185 Å². The number of hydrogen-bond acceptors (Lipinski definition) is 6. The van der Waals surface area contributed by atoms with Crippen LogP contribution in [0.15, 0.2) is 24.7 Å². The molecular weight excluding hydrogens is 411 g/mol.